The Labute approximate surface area is 119 Å². The molecule has 0 aromatic carbocycles. The Morgan fingerprint density at radius 3 is 2.68 bits per heavy atom. The normalized spacial score (nSPS) is 23.1. The van der Waals surface area contributed by atoms with Gasteiger partial charge in [-0.15, -0.1) is 11.6 Å². The van der Waals surface area contributed by atoms with E-state index in [1.54, 1.807) is 6.33 Å². The van der Waals surface area contributed by atoms with Gasteiger partial charge in [-0.25, -0.2) is 9.97 Å². The van der Waals surface area contributed by atoms with Crippen molar-refractivity contribution in [2.75, 3.05) is 17.8 Å². The van der Waals surface area contributed by atoms with E-state index in [9.17, 15) is 0 Å². The van der Waals surface area contributed by atoms with Crippen LogP contribution in [-0.4, -0.2) is 28.5 Å². The van der Waals surface area contributed by atoms with E-state index in [1.807, 2.05) is 13.8 Å². The predicted molar refractivity (Wildman–Crippen MR) is 78.0 cm³/mol. The summed E-state index contributed by atoms with van der Waals surface area (Å²) in [6, 6.07) is 0.488. The zero-order valence-corrected chi connectivity index (χ0v) is 12.4. The van der Waals surface area contributed by atoms with Gasteiger partial charge in [0.15, 0.2) is 0 Å². The van der Waals surface area contributed by atoms with Gasteiger partial charge in [0.25, 0.3) is 0 Å². The van der Waals surface area contributed by atoms with Crippen molar-refractivity contribution in [1.29, 1.82) is 0 Å². The molecule has 0 bridgehead atoms. The van der Waals surface area contributed by atoms with Crippen LogP contribution in [0.5, 0.6) is 5.88 Å². The maximum Gasteiger partial charge on any atom is 0.221 e. The van der Waals surface area contributed by atoms with Crippen molar-refractivity contribution in [1.82, 2.24) is 9.97 Å². The Hall–Kier alpha value is -1.03. The summed E-state index contributed by atoms with van der Waals surface area (Å²) in [5, 5.41) is 3.52. The van der Waals surface area contributed by atoms with Gasteiger partial charge in [-0.05, 0) is 45.4 Å². The SMILES string of the molecule is CCOc1ncnc(NC2CCC(CCl)CC2)c1C. The molecule has 1 saturated carbocycles. The van der Waals surface area contributed by atoms with Gasteiger partial charge in [0.2, 0.25) is 5.88 Å². The third-order valence-corrected chi connectivity index (χ3v) is 4.16. The average molecular weight is 284 g/mol. The van der Waals surface area contributed by atoms with E-state index in [0.717, 1.165) is 30.1 Å². The van der Waals surface area contributed by atoms with Crippen LogP contribution in [0.15, 0.2) is 6.33 Å². The van der Waals surface area contributed by atoms with Gasteiger partial charge in [0, 0.05) is 11.9 Å². The summed E-state index contributed by atoms with van der Waals surface area (Å²) in [7, 11) is 0. The van der Waals surface area contributed by atoms with Crippen LogP contribution in [-0.2, 0) is 0 Å². The molecule has 1 aliphatic rings. The van der Waals surface area contributed by atoms with Crippen LogP contribution in [0.25, 0.3) is 0 Å². The number of rotatable bonds is 5. The fourth-order valence-electron chi connectivity index (χ4n) is 2.52. The number of hydrogen-bond donors (Lipinski definition) is 1. The molecule has 1 aromatic heterocycles. The van der Waals surface area contributed by atoms with Crippen molar-refractivity contribution < 1.29 is 4.74 Å². The zero-order valence-electron chi connectivity index (χ0n) is 11.7. The minimum Gasteiger partial charge on any atom is -0.478 e. The average Bonchev–Trinajstić information content (AvgIpc) is 2.44. The fourth-order valence-corrected chi connectivity index (χ4v) is 2.82. The number of nitrogens with one attached hydrogen (secondary N) is 1. The number of aromatic nitrogens is 2. The van der Waals surface area contributed by atoms with Crippen LogP contribution in [0, 0.1) is 12.8 Å². The summed E-state index contributed by atoms with van der Waals surface area (Å²) in [4.78, 5) is 8.48. The summed E-state index contributed by atoms with van der Waals surface area (Å²) >= 11 is 5.91. The molecule has 19 heavy (non-hydrogen) atoms. The molecule has 1 heterocycles. The first-order valence-corrected chi connectivity index (χ1v) is 7.55. The molecule has 0 atom stereocenters. The lowest BCUT2D eigenvalue weighted by molar-refractivity contribution is 0.323. The van der Waals surface area contributed by atoms with Crippen molar-refractivity contribution in [3.63, 3.8) is 0 Å². The maximum atomic E-state index is 5.91. The lowest BCUT2D eigenvalue weighted by atomic mass is 9.87. The lowest BCUT2D eigenvalue weighted by Gasteiger charge is -2.28. The predicted octanol–water partition coefficient (Wildman–Crippen LogP) is 3.39. The summed E-state index contributed by atoms with van der Waals surface area (Å²) in [6.07, 6.45) is 6.27. The first-order chi connectivity index (χ1) is 9.24. The largest absolute Gasteiger partial charge is 0.478 e. The van der Waals surface area contributed by atoms with Gasteiger partial charge >= 0.3 is 0 Å². The van der Waals surface area contributed by atoms with Crippen molar-refractivity contribution in [2.45, 2.75) is 45.6 Å². The number of anilines is 1. The Bertz CT molecular complexity index is 406. The monoisotopic (exact) mass is 283 g/mol. The first-order valence-electron chi connectivity index (χ1n) is 7.01. The molecular weight excluding hydrogens is 262 g/mol. The Kier molecular flexibility index (Phi) is 5.25. The van der Waals surface area contributed by atoms with E-state index in [1.165, 1.54) is 12.8 Å². The van der Waals surface area contributed by atoms with Crippen LogP contribution >= 0.6 is 11.6 Å². The van der Waals surface area contributed by atoms with Crippen LogP contribution in [0.2, 0.25) is 0 Å². The van der Waals surface area contributed by atoms with Gasteiger partial charge in [-0.1, -0.05) is 0 Å². The van der Waals surface area contributed by atoms with Crippen LogP contribution in [0.1, 0.15) is 38.2 Å². The highest BCUT2D eigenvalue weighted by molar-refractivity contribution is 6.18. The number of hydrogen-bond acceptors (Lipinski definition) is 4. The van der Waals surface area contributed by atoms with Gasteiger partial charge in [-0.3, -0.25) is 0 Å². The third kappa shape index (κ3) is 3.72. The second kappa shape index (κ2) is 6.94. The van der Waals surface area contributed by atoms with E-state index in [2.05, 4.69) is 15.3 Å². The van der Waals surface area contributed by atoms with E-state index in [0.29, 0.717) is 24.4 Å². The van der Waals surface area contributed by atoms with Crippen molar-refractivity contribution in [3.8, 4) is 5.88 Å². The molecule has 5 heteroatoms. The number of nitrogens with zero attached hydrogens (tertiary/aromatic N) is 2. The van der Waals surface area contributed by atoms with Crippen molar-refractivity contribution in [2.24, 2.45) is 5.92 Å². The van der Waals surface area contributed by atoms with Crippen molar-refractivity contribution in [3.05, 3.63) is 11.9 Å². The molecular formula is C14H22ClN3O. The molecule has 0 unspecified atom stereocenters. The second-order valence-electron chi connectivity index (χ2n) is 5.10. The van der Waals surface area contributed by atoms with Gasteiger partial charge in [0.05, 0.1) is 12.2 Å². The molecule has 2 rings (SSSR count). The first kappa shape index (κ1) is 14.4. The minimum absolute atomic E-state index is 0.488. The summed E-state index contributed by atoms with van der Waals surface area (Å²) < 4.78 is 5.49. The molecule has 1 fully saturated rings. The summed E-state index contributed by atoms with van der Waals surface area (Å²) in [5.74, 6) is 3.04. The van der Waals surface area contributed by atoms with Gasteiger partial charge in [0.1, 0.15) is 12.1 Å². The smallest absolute Gasteiger partial charge is 0.221 e. The lowest BCUT2D eigenvalue weighted by Crippen LogP contribution is -2.27. The summed E-state index contributed by atoms with van der Waals surface area (Å²) in [6.45, 7) is 4.58. The molecule has 1 aliphatic carbocycles. The molecule has 1 aromatic rings. The Balaban J connectivity index is 1.98. The molecule has 4 nitrogen and oxygen atoms in total. The molecule has 0 amide bonds. The summed E-state index contributed by atoms with van der Waals surface area (Å²) in [5.41, 5.74) is 0.990. The molecule has 106 valence electrons. The molecule has 1 N–H and O–H groups in total. The van der Waals surface area contributed by atoms with Crippen LogP contribution < -0.4 is 10.1 Å². The van der Waals surface area contributed by atoms with Gasteiger partial charge in [-0.2, -0.15) is 0 Å². The van der Waals surface area contributed by atoms with E-state index < -0.39 is 0 Å². The number of ether oxygens (including phenoxy) is 1. The molecule has 0 spiro atoms. The highest BCUT2D eigenvalue weighted by Crippen LogP contribution is 2.28. The van der Waals surface area contributed by atoms with Crippen LogP contribution in [0.4, 0.5) is 5.82 Å². The molecule has 0 saturated heterocycles. The Morgan fingerprint density at radius 2 is 2.05 bits per heavy atom. The Morgan fingerprint density at radius 1 is 1.32 bits per heavy atom. The molecule has 0 radical (unpaired) electrons. The van der Waals surface area contributed by atoms with E-state index in [4.69, 9.17) is 16.3 Å². The quantitative estimate of drug-likeness (QED) is 0.842. The number of alkyl halides is 1. The maximum absolute atomic E-state index is 5.91. The van der Waals surface area contributed by atoms with E-state index >= 15 is 0 Å². The second-order valence-corrected chi connectivity index (χ2v) is 5.41. The van der Waals surface area contributed by atoms with Crippen molar-refractivity contribution >= 4 is 17.4 Å². The van der Waals surface area contributed by atoms with Gasteiger partial charge < -0.3 is 10.1 Å². The zero-order chi connectivity index (χ0) is 13.7. The topological polar surface area (TPSA) is 47.0 Å². The van der Waals surface area contributed by atoms with Crippen LogP contribution in [0.3, 0.4) is 0 Å². The van der Waals surface area contributed by atoms with E-state index in [-0.39, 0.29) is 0 Å². The standard InChI is InChI=1S/C14H22ClN3O/c1-3-19-14-10(2)13(16-9-17-14)18-12-6-4-11(8-15)5-7-12/h9,11-12H,3-8H2,1-2H3,(H,16,17,18). The fraction of sp³-hybridized carbons (Fsp3) is 0.714. The minimum atomic E-state index is 0.488. The molecule has 0 aliphatic heterocycles. The highest BCUT2D eigenvalue weighted by atomic mass is 35.5. The highest BCUT2D eigenvalue weighted by Gasteiger charge is 2.21. The third-order valence-electron chi connectivity index (χ3n) is 3.72. The number of halogens is 1.